The van der Waals surface area contributed by atoms with Gasteiger partial charge in [-0.05, 0) is 35.6 Å². The molecule has 27 heavy (non-hydrogen) atoms. The van der Waals surface area contributed by atoms with Gasteiger partial charge in [0.15, 0.2) is 0 Å². The van der Waals surface area contributed by atoms with Gasteiger partial charge in [-0.15, -0.1) is 0 Å². The Balaban J connectivity index is 1.88. The quantitative estimate of drug-likeness (QED) is 0.629. The monoisotopic (exact) mass is 369 g/mol. The number of rotatable bonds is 6. The molecule has 0 aliphatic heterocycles. The zero-order valence-electron chi connectivity index (χ0n) is 15.7. The van der Waals surface area contributed by atoms with Crippen LogP contribution in [-0.4, -0.2) is 23.2 Å². The van der Waals surface area contributed by atoms with Crippen molar-refractivity contribution in [1.29, 1.82) is 0 Å². The molecule has 2 aromatic rings. The minimum Gasteiger partial charge on any atom is -0.487 e. The van der Waals surface area contributed by atoms with Crippen LogP contribution < -0.4 is 21.1 Å². The summed E-state index contributed by atoms with van der Waals surface area (Å²) in [6.45, 7) is 4.50. The third-order valence-corrected chi connectivity index (χ3v) is 4.75. The molecule has 0 aromatic heterocycles. The van der Waals surface area contributed by atoms with Gasteiger partial charge < -0.3 is 26.2 Å². The maximum absolute atomic E-state index is 11.6. The van der Waals surface area contributed by atoms with Gasteiger partial charge in [0.1, 0.15) is 12.4 Å². The molecule has 2 unspecified atom stereocenters. The first-order chi connectivity index (χ1) is 13.0. The van der Waals surface area contributed by atoms with Crippen LogP contribution in [0.1, 0.15) is 43.1 Å². The number of primary amides is 1. The molecule has 0 heterocycles. The Kier molecular flexibility index (Phi) is 5.98. The molecule has 6 heteroatoms. The van der Waals surface area contributed by atoms with Crippen molar-refractivity contribution in [1.82, 2.24) is 5.32 Å². The van der Waals surface area contributed by atoms with E-state index in [-0.39, 0.29) is 12.1 Å². The molecule has 1 aliphatic carbocycles. The first-order valence-corrected chi connectivity index (χ1v) is 9.28. The van der Waals surface area contributed by atoms with Gasteiger partial charge in [-0.1, -0.05) is 50.2 Å². The van der Waals surface area contributed by atoms with E-state index < -0.39 is 12.1 Å². The summed E-state index contributed by atoms with van der Waals surface area (Å²) in [6.07, 6.45) is 0.837. The lowest BCUT2D eigenvalue weighted by atomic mass is 9.84. The van der Waals surface area contributed by atoms with E-state index in [1.54, 1.807) is 6.07 Å². The van der Waals surface area contributed by atoms with E-state index in [1.165, 1.54) is 0 Å². The molecule has 0 saturated carbocycles. The summed E-state index contributed by atoms with van der Waals surface area (Å²) in [6, 6.07) is 13.1. The van der Waals surface area contributed by atoms with Crippen molar-refractivity contribution in [3.8, 4) is 5.75 Å². The van der Waals surface area contributed by atoms with Crippen LogP contribution in [0.15, 0.2) is 42.5 Å². The number of nitrogens with two attached hydrogens (primary N) is 1. The highest BCUT2D eigenvalue weighted by atomic mass is 16.5. The van der Waals surface area contributed by atoms with E-state index in [0.29, 0.717) is 18.0 Å². The van der Waals surface area contributed by atoms with Gasteiger partial charge in [-0.2, -0.15) is 0 Å². The Morgan fingerprint density at radius 3 is 2.67 bits per heavy atom. The number of hydrogen-bond donors (Lipinski definition) is 4. The topological polar surface area (TPSA) is 96.6 Å². The predicted octanol–water partition coefficient (Wildman–Crippen LogP) is 3.10. The van der Waals surface area contributed by atoms with Crippen LogP contribution in [-0.2, 0) is 13.0 Å². The lowest BCUT2D eigenvalue weighted by Gasteiger charge is -2.33. The largest absolute Gasteiger partial charge is 0.487 e. The number of carbonyl (C=O) groups excluding carboxylic acids is 1. The second-order valence-electron chi connectivity index (χ2n) is 7.18. The molecule has 2 amide bonds. The number of aliphatic hydroxyl groups excluding tert-OH is 1. The van der Waals surface area contributed by atoms with Crippen LogP contribution in [0.2, 0.25) is 0 Å². The smallest absolute Gasteiger partial charge is 0.316 e. The van der Waals surface area contributed by atoms with Crippen molar-refractivity contribution < 1.29 is 14.6 Å². The second kappa shape index (κ2) is 8.41. The fraction of sp³-hybridized carbons (Fsp3) is 0.381. The average Bonchev–Trinajstić information content (AvgIpc) is 2.63. The molecule has 0 fully saturated rings. The molecular formula is C21H27N3O3. The van der Waals surface area contributed by atoms with Crippen molar-refractivity contribution in [3.05, 3.63) is 59.2 Å². The lowest BCUT2D eigenvalue weighted by Crippen LogP contribution is -2.42. The molecule has 2 aromatic carbocycles. The van der Waals surface area contributed by atoms with Crippen LogP contribution in [0.25, 0.3) is 0 Å². The number of ether oxygens (including phenoxy) is 1. The molecule has 5 N–H and O–H groups in total. The molecule has 0 bridgehead atoms. The summed E-state index contributed by atoms with van der Waals surface area (Å²) >= 11 is 0. The number of aliphatic hydroxyl groups is 1. The standard InChI is InChI=1S/C21H27N3O3/c1-13(2)23-17-10-8-15-16(20(17)25)9-11-18(19(15)24-21(22)26)27-12-14-6-4-3-5-7-14/h3-7,9,11,13,17,20,23,25H,8,10,12H2,1-2H3,(H3,22,24,26). The second-order valence-corrected chi connectivity index (χ2v) is 7.18. The molecule has 0 saturated heterocycles. The van der Waals surface area contributed by atoms with Crippen LogP contribution in [0.3, 0.4) is 0 Å². The van der Waals surface area contributed by atoms with Gasteiger partial charge in [-0.3, -0.25) is 0 Å². The number of fused-ring (bicyclic) bond motifs is 1. The third-order valence-electron chi connectivity index (χ3n) is 4.75. The van der Waals surface area contributed by atoms with Gasteiger partial charge in [-0.25, -0.2) is 4.79 Å². The SMILES string of the molecule is CC(C)NC1CCc2c(ccc(OCc3ccccc3)c2NC(N)=O)C1O. The average molecular weight is 369 g/mol. The van der Waals surface area contributed by atoms with Gasteiger partial charge in [0, 0.05) is 12.1 Å². The van der Waals surface area contributed by atoms with E-state index in [4.69, 9.17) is 10.5 Å². The highest BCUT2D eigenvalue weighted by Gasteiger charge is 2.31. The number of urea groups is 1. The summed E-state index contributed by atoms with van der Waals surface area (Å²) in [7, 11) is 0. The van der Waals surface area contributed by atoms with Crippen molar-refractivity contribution in [3.63, 3.8) is 0 Å². The Labute approximate surface area is 159 Å². The Bertz CT molecular complexity index is 793. The molecule has 3 rings (SSSR count). The summed E-state index contributed by atoms with van der Waals surface area (Å²) in [5.74, 6) is 0.555. The molecule has 1 aliphatic rings. The van der Waals surface area contributed by atoms with Crippen LogP contribution >= 0.6 is 0 Å². The minimum atomic E-state index is -0.648. The zero-order chi connectivity index (χ0) is 19.4. The number of anilines is 1. The molecule has 6 nitrogen and oxygen atoms in total. The normalized spacial score (nSPS) is 18.8. The highest BCUT2D eigenvalue weighted by Crippen LogP contribution is 2.40. The summed E-state index contributed by atoms with van der Waals surface area (Å²) in [4.78, 5) is 11.6. The number of hydrogen-bond acceptors (Lipinski definition) is 4. The van der Waals surface area contributed by atoms with Crippen molar-refractivity contribution >= 4 is 11.7 Å². The number of benzene rings is 2. The lowest BCUT2D eigenvalue weighted by molar-refractivity contribution is 0.110. The molecule has 2 atom stereocenters. The van der Waals surface area contributed by atoms with Gasteiger partial charge >= 0.3 is 6.03 Å². The number of carbonyl (C=O) groups is 1. The van der Waals surface area contributed by atoms with E-state index in [9.17, 15) is 9.90 Å². The van der Waals surface area contributed by atoms with Gasteiger partial charge in [0.2, 0.25) is 0 Å². The van der Waals surface area contributed by atoms with E-state index in [2.05, 4.69) is 24.5 Å². The molecule has 144 valence electrons. The van der Waals surface area contributed by atoms with E-state index >= 15 is 0 Å². The molecular weight excluding hydrogens is 342 g/mol. The van der Waals surface area contributed by atoms with E-state index in [1.807, 2.05) is 36.4 Å². The summed E-state index contributed by atoms with van der Waals surface area (Å²) in [5, 5.41) is 16.9. The fourth-order valence-corrected chi connectivity index (χ4v) is 3.58. The van der Waals surface area contributed by atoms with Crippen LogP contribution in [0, 0.1) is 0 Å². The first-order valence-electron chi connectivity index (χ1n) is 9.28. The highest BCUT2D eigenvalue weighted by molar-refractivity contribution is 5.91. The number of amides is 2. The first kappa shape index (κ1) is 19.2. The third kappa shape index (κ3) is 4.59. The van der Waals surface area contributed by atoms with Crippen molar-refractivity contribution in [2.24, 2.45) is 5.73 Å². The predicted molar refractivity (Wildman–Crippen MR) is 106 cm³/mol. The van der Waals surface area contributed by atoms with Crippen LogP contribution in [0.4, 0.5) is 10.5 Å². The van der Waals surface area contributed by atoms with Gasteiger partial charge in [0.05, 0.1) is 11.8 Å². The minimum absolute atomic E-state index is 0.0185. The summed E-state index contributed by atoms with van der Waals surface area (Å²) < 4.78 is 5.95. The molecule has 0 radical (unpaired) electrons. The van der Waals surface area contributed by atoms with E-state index in [0.717, 1.165) is 29.5 Å². The Morgan fingerprint density at radius 2 is 2.00 bits per heavy atom. The van der Waals surface area contributed by atoms with Crippen molar-refractivity contribution in [2.75, 3.05) is 5.32 Å². The maximum Gasteiger partial charge on any atom is 0.316 e. The van der Waals surface area contributed by atoms with Crippen LogP contribution in [0.5, 0.6) is 5.75 Å². The Hall–Kier alpha value is -2.57. The Morgan fingerprint density at radius 1 is 1.26 bits per heavy atom. The zero-order valence-corrected chi connectivity index (χ0v) is 15.7. The van der Waals surface area contributed by atoms with Crippen molar-refractivity contribution in [2.45, 2.75) is 51.5 Å². The number of nitrogens with one attached hydrogen (secondary N) is 2. The maximum atomic E-state index is 11.6. The summed E-state index contributed by atoms with van der Waals surface area (Å²) in [5.41, 5.74) is 8.65. The molecule has 0 spiro atoms. The fourth-order valence-electron chi connectivity index (χ4n) is 3.58. The van der Waals surface area contributed by atoms with Gasteiger partial charge in [0.25, 0.3) is 0 Å².